The number of amides is 2. The normalized spacial score (nSPS) is 30.6. The number of carbonyl (C=O) groups is 2. The van der Waals surface area contributed by atoms with Crippen LogP contribution in [0.4, 0.5) is 0 Å². The van der Waals surface area contributed by atoms with E-state index in [-0.39, 0.29) is 42.1 Å². The monoisotopic (exact) mass is 540 g/mol. The van der Waals surface area contributed by atoms with E-state index < -0.39 is 0 Å². The van der Waals surface area contributed by atoms with Gasteiger partial charge in [0.1, 0.15) is 6.61 Å². The number of halogens is 2. The van der Waals surface area contributed by atoms with Crippen LogP contribution in [0, 0.1) is 35.5 Å². The Morgan fingerprint density at radius 2 is 1.79 bits per heavy atom. The quantitative estimate of drug-likeness (QED) is 0.291. The molecule has 6 atom stereocenters. The van der Waals surface area contributed by atoms with Crippen molar-refractivity contribution in [2.24, 2.45) is 40.6 Å². The minimum Gasteiger partial charge on any atom is -0.493 e. The summed E-state index contributed by atoms with van der Waals surface area (Å²) in [6.45, 7) is 0.278. The molecule has 3 fully saturated rings. The third-order valence-electron chi connectivity index (χ3n) is 7.54. The largest absolute Gasteiger partial charge is 0.493 e. The summed E-state index contributed by atoms with van der Waals surface area (Å²) in [6.07, 6.45) is 6.97. The highest BCUT2D eigenvalue weighted by Crippen LogP contribution is 2.65. The number of rotatable bonds is 6. The van der Waals surface area contributed by atoms with Crippen molar-refractivity contribution in [3.8, 4) is 11.5 Å². The summed E-state index contributed by atoms with van der Waals surface area (Å²) in [6, 6.07) is 11.1. The smallest absolute Gasteiger partial charge is 0.254 e. The van der Waals surface area contributed by atoms with Gasteiger partial charge in [-0.1, -0.05) is 42.0 Å². The molecular weight excluding hydrogens is 520 g/mol. The molecule has 8 heteroatoms. The first-order chi connectivity index (χ1) is 16.5. The van der Waals surface area contributed by atoms with Crippen molar-refractivity contribution in [1.82, 2.24) is 5.01 Å². The van der Waals surface area contributed by atoms with E-state index >= 15 is 0 Å². The molecule has 1 aliphatic heterocycles. The number of ether oxygens (including phenoxy) is 2. The van der Waals surface area contributed by atoms with Gasteiger partial charge in [0.2, 0.25) is 0 Å². The van der Waals surface area contributed by atoms with Gasteiger partial charge in [-0.05, 0) is 69.8 Å². The minimum absolute atomic E-state index is 0.179. The lowest BCUT2D eigenvalue weighted by Gasteiger charge is -2.37. The molecule has 2 saturated carbocycles. The number of methoxy groups -OCH3 is 1. The first-order valence-corrected chi connectivity index (χ1v) is 12.5. The summed E-state index contributed by atoms with van der Waals surface area (Å²) in [5, 5.41) is 6.02. The van der Waals surface area contributed by atoms with Gasteiger partial charge in [-0.15, -0.1) is 0 Å². The molecule has 6 nitrogen and oxygen atoms in total. The predicted octanol–water partition coefficient (Wildman–Crippen LogP) is 5.08. The Hall–Kier alpha value is -2.64. The van der Waals surface area contributed by atoms with E-state index in [0.29, 0.717) is 38.4 Å². The topological polar surface area (TPSA) is 68.2 Å². The number of allylic oxidation sites excluding steroid dienone is 2. The molecule has 0 spiro atoms. The lowest BCUT2D eigenvalue weighted by Crippen LogP contribution is -2.40. The van der Waals surface area contributed by atoms with E-state index in [1.165, 1.54) is 6.21 Å². The Morgan fingerprint density at radius 3 is 2.44 bits per heavy atom. The average molecular weight is 542 g/mol. The predicted molar refractivity (Wildman–Crippen MR) is 131 cm³/mol. The molecule has 0 aromatic heterocycles. The van der Waals surface area contributed by atoms with Gasteiger partial charge in [0.05, 0.1) is 29.6 Å². The maximum Gasteiger partial charge on any atom is 0.254 e. The lowest BCUT2D eigenvalue weighted by molar-refractivity contribution is -0.140. The van der Waals surface area contributed by atoms with E-state index in [1.54, 1.807) is 13.2 Å². The van der Waals surface area contributed by atoms with Crippen molar-refractivity contribution < 1.29 is 19.1 Å². The van der Waals surface area contributed by atoms with Crippen LogP contribution < -0.4 is 9.47 Å². The molecular formula is C26H22BrClN2O4. The Balaban J connectivity index is 1.21. The second kappa shape index (κ2) is 8.24. The van der Waals surface area contributed by atoms with Crippen LogP contribution >= 0.6 is 27.5 Å². The zero-order valence-corrected chi connectivity index (χ0v) is 20.7. The third-order valence-corrected chi connectivity index (χ3v) is 8.50. The molecule has 7 rings (SSSR count). The summed E-state index contributed by atoms with van der Waals surface area (Å²) >= 11 is 9.77. The van der Waals surface area contributed by atoms with Crippen molar-refractivity contribution in [2.45, 2.75) is 13.0 Å². The number of hydrogen-bond acceptors (Lipinski definition) is 5. The SMILES string of the molecule is COc1cc(/C=N\N2C(=O)[C@@H]3[C@@H]4C=C[C@H]([C@H]5C[C@H]45)[C@@H]3C2=O)cc(Br)c1OCc1ccccc1Cl. The van der Waals surface area contributed by atoms with Crippen LogP contribution in [0.1, 0.15) is 17.5 Å². The summed E-state index contributed by atoms with van der Waals surface area (Å²) < 4.78 is 12.2. The van der Waals surface area contributed by atoms with Gasteiger partial charge in [-0.3, -0.25) is 9.59 Å². The van der Waals surface area contributed by atoms with Crippen LogP contribution in [-0.2, 0) is 16.2 Å². The first-order valence-electron chi connectivity index (χ1n) is 11.3. The molecule has 1 heterocycles. The maximum absolute atomic E-state index is 13.1. The van der Waals surface area contributed by atoms with Crippen LogP contribution in [0.15, 0.2) is 58.1 Å². The van der Waals surface area contributed by atoms with Crippen LogP contribution in [0.25, 0.3) is 0 Å². The van der Waals surface area contributed by atoms with E-state index in [1.807, 2.05) is 30.3 Å². The lowest BCUT2D eigenvalue weighted by atomic mass is 9.63. The number of carbonyl (C=O) groups excluding carboxylic acids is 2. The van der Waals surface area contributed by atoms with Gasteiger partial charge in [0.15, 0.2) is 11.5 Å². The van der Waals surface area contributed by atoms with E-state index in [0.717, 1.165) is 17.0 Å². The standard InChI is InChI=1S/C26H22BrClN2O4/c1-33-21-9-13(8-19(27)24(21)34-12-14-4-2-3-5-20(14)28)11-29-30-25(31)22-15-6-7-16(18-10-17(15)18)23(22)26(30)32/h2-9,11,15-18,22-23H,10,12H2,1H3/b29-11-/t15-,16-,17-,18-,22-,23+/m1/s1. The second-order valence-electron chi connectivity index (χ2n) is 9.30. The molecule has 2 bridgehead atoms. The number of hydrogen-bond donors (Lipinski definition) is 0. The highest BCUT2D eigenvalue weighted by atomic mass is 79.9. The van der Waals surface area contributed by atoms with Crippen LogP contribution in [-0.4, -0.2) is 30.1 Å². The molecule has 2 amide bonds. The van der Waals surface area contributed by atoms with Gasteiger partial charge >= 0.3 is 0 Å². The number of benzene rings is 2. The molecule has 0 radical (unpaired) electrons. The zero-order valence-electron chi connectivity index (χ0n) is 18.4. The van der Waals surface area contributed by atoms with Gasteiger partial charge < -0.3 is 9.47 Å². The average Bonchev–Trinajstić information content (AvgIpc) is 3.62. The van der Waals surface area contributed by atoms with Crippen LogP contribution in [0.5, 0.6) is 11.5 Å². The molecule has 34 heavy (non-hydrogen) atoms. The second-order valence-corrected chi connectivity index (χ2v) is 10.6. The number of hydrazone groups is 1. The van der Waals surface area contributed by atoms with Crippen LogP contribution in [0.3, 0.4) is 0 Å². The third kappa shape index (κ3) is 3.40. The Bertz CT molecular complexity index is 1230. The van der Waals surface area contributed by atoms with Crippen molar-refractivity contribution >= 4 is 45.6 Å². The van der Waals surface area contributed by atoms with Gasteiger partial charge in [-0.2, -0.15) is 10.1 Å². The molecule has 1 saturated heterocycles. The van der Waals surface area contributed by atoms with E-state index in [4.69, 9.17) is 21.1 Å². The highest BCUT2D eigenvalue weighted by Gasteiger charge is 2.67. The van der Waals surface area contributed by atoms with Crippen molar-refractivity contribution in [2.75, 3.05) is 7.11 Å². The summed E-state index contributed by atoms with van der Waals surface area (Å²) in [5.41, 5.74) is 1.53. The fourth-order valence-electron chi connectivity index (χ4n) is 5.90. The molecule has 0 unspecified atom stereocenters. The molecule has 2 aromatic carbocycles. The van der Waals surface area contributed by atoms with Crippen molar-refractivity contribution in [3.05, 3.63) is 69.2 Å². The van der Waals surface area contributed by atoms with Crippen molar-refractivity contribution in [3.63, 3.8) is 0 Å². The van der Waals surface area contributed by atoms with E-state index in [9.17, 15) is 9.59 Å². The fraction of sp³-hybridized carbons (Fsp3) is 0.346. The molecule has 174 valence electrons. The molecule has 0 N–H and O–H groups in total. The highest BCUT2D eigenvalue weighted by molar-refractivity contribution is 9.10. The first kappa shape index (κ1) is 21.9. The molecule has 2 aromatic rings. The Labute approximate surface area is 210 Å². The molecule has 4 aliphatic carbocycles. The molecule has 5 aliphatic rings. The fourth-order valence-corrected chi connectivity index (χ4v) is 6.66. The summed E-state index contributed by atoms with van der Waals surface area (Å²) in [7, 11) is 1.55. The maximum atomic E-state index is 13.1. The Kier molecular flexibility index (Phi) is 5.30. The van der Waals surface area contributed by atoms with Gasteiger partial charge in [-0.25, -0.2) is 0 Å². The van der Waals surface area contributed by atoms with Gasteiger partial charge in [0.25, 0.3) is 11.8 Å². The van der Waals surface area contributed by atoms with Crippen molar-refractivity contribution in [1.29, 1.82) is 0 Å². The summed E-state index contributed by atoms with van der Waals surface area (Å²) in [4.78, 5) is 26.2. The number of nitrogens with zero attached hydrogens (tertiary/aromatic N) is 2. The Morgan fingerprint density at radius 1 is 1.12 bits per heavy atom. The zero-order chi connectivity index (χ0) is 23.6. The number of imide groups is 1. The van der Waals surface area contributed by atoms with Crippen LogP contribution in [0.2, 0.25) is 5.02 Å². The van der Waals surface area contributed by atoms with E-state index in [2.05, 4.69) is 33.2 Å². The minimum atomic E-state index is -0.259. The van der Waals surface area contributed by atoms with Gasteiger partial charge in [0, 0.05) is 10.6 Å². The summed E-state index contributed by atoms with van der Waals surface area (Å²) in [5.74, 6) is 1.64.